The van der Waals surface area contributed by atoms with Crippen LogP contribution in [0.25, 0.3) is 0 Å². The Bertz CT molecular complexity index is 1100. The molecule has 0 spiro atoms. The number of nitrogen functional groups attached to an aromatic ring is 1. The van der Waals surface area contributed by atoms with Crippen molar-refractivity contribution in [3.8, 4) is 11.5 Å². The summed E-state index contributed by atoms with van der Waals surface area (Å²) in [6.07, 6.45) is 1.49. The zero-order valence-electron chi connectivity index (χ0n) is 17.3. The summed E-state index contributed by atoms with van der Waals surface area (Å²) in [7, 11) is 0. The number of nitrogens with two attached hydrogens (primary N) is 1. The zero-order chi connectivity index (χ0) is 22.9. The molecule has 0 aromatic heterocycles. The van der Waals surface area contributed by atoms with Gasteiger partial charge in [0.25, 0.3) is 0 Å². The average Bonchev–Trinajstić information content (AvgIpc) is 2.82. The van der Waals surface area contributed by atoms with E-state index in [1.807, 2.05) is 6.07 Å². The largest absolute Gasteiger partial charge is 0.487 e. The number of carbonyl (C=O) groups is 2. The van der Waals surface area contributed by atoms with Gasteiger partial charge in [-0.25, -0.2) is 4.79 Å². The molecular weight excluding hydrogens is 430 g/mol. The van der Waals surface area contributed by atoms with Crippen molar-refractivity contribution in [2.45, 2.75) is 6.61 Å². The molecule has 0 fully saturated rings. The maximum Gasteiger partial charge on any atom is 0.344 e. The molecule has 7 heteroatoms. The van der Waals surface area contributed by atoms with Crippen LogP contribution in [-0.2, 0) is 16.1 Å². The van der Waals surface area contributed by atoms with Gasteiger partial charge in [-0.05, 0) is 29.8 Å². The zero-order valence-corrected chi connectivity index (χ0v) is 18.0. The van der Waals surface area contributed by atoms with Gasteiger partial charge >= 0.3 is 5.97 Å². The average molecular weight is 452 g/mol. The lowest BCUT2D eigenvalue weighted by atomic mass is 10.0. The number of ether oxygens (including phenoxy) is 3. The maximum atomic E-state index is 12.8. The molecule has 0 bridgehead atoms. The van der Waals surface area contributed by atoms with E-state index < -0.39 is 5.97 Å². The van der Waals surface area contributed by atoms with Crippen LogP contribution < -0.4 is 15.2 Å². The van der Waals surface area contributed by atoms with E-state index in [1.165, 1.54) is 6.08 Å². The fourth-order valence-corrected chi connectivity index (χ4v) is 3.09. The smallest absolute Gasteiger partial charge is 0.344 e. The molecule has 6 nitrogen and oxygen atoms in total. The van der Waals surface area contributed by atoms with Crippen LogP contribution in [0.4, 0.5) is 5.69 Å². The molecule has 3 rings (SSSR count). The number of carbonyl (C=O) groups excluding carboxylic acids is 2. The number of esters is 1. The van der Waals surface area contributed by atoms with Crippen LogP contribution in [-0.4, -0.2) is 25.0 Å². The first kappa shape index (κ1) is 22.9. The number of anilines is 1. The van der Waals surface area contributed by atoms with Gasteiger partial charge in [0.05, 0.1) is 16.3 Å². The summed E-state index contributed by atoms with van der Waals surface area (Å²) >= 11 is 6.25. The molecule has 164 valence electrons. The molecule has 3 aromatic carbocycles. The Labute approximate surface area is 191 Å². The molecule has 3 aromatic rings. The van der Waals surface area contributed by atoms with E-state index in [0.717, 1.165) is 5.56 Å². The molecule has 0 saturated heterocycles. The van der Waals surface area contributed by atoms with Crippen LogP contribution in [0.5, 0.6) is 11.5 Å². The maximum absolute atomic E-state index is 12.8. The Morgan fingerprint density at radius 3 is 2.38 bits per heavy atom. The predicted molar refractivity (Wildman–Crippen MR) is 123 cm³/mol. The van der Waals surface area contributed by atoms with Crippen LogP contribution in [0.15, 0.2) is 79.4 Å². The second-order valence-corrected chi connectivity index (χ2v) is 7.13. The summed E-state index contributed by atoms with van der Waals surface area (Å²) < 4.78 is 16.1. The highest BCUT2D eigenvalue weighted by Gasteiger charge is 2.19. The van der Waals surface area contributed by atoms with Crippen LogP contribution in [0.2, 0.25) is 5.02 Å². The van der Waals surface area contributed by atoms with Crippen molar-refractivity contribution in [2.24, 2.45) is 0 Å². The second-order valence-electron chi connectivity index (χ2n) is 6.72. The third-order valence-electron chi connectivity index (χ3n) is 4.45. The minimum atomic E-state index is -0.476. The second kappa shape index (κ2) is 11.0. The normalized spacial score (nSPS) is 10.3. The number of benzene rings is 3. The third-order valence-corrected chi connectivity index (χ3v) is 4.77. The van der Waals surface area contributed by atoms with Crippen LogP contribution in [0.1, 0.15) is 21.5 Å². The van der Waals surface area contributed by atoms with E-state index in [-0.39, 0.29) is 41.9 Å². The van der Waals surface area contributed by atoms with Gasteiger partial charge in [0.1, 0.15) is 24.7 Å². The minimum Gasteiger partial charge on any atom is -0.487 e. The Hall–Kier alpha value is -3.77. The van der Waals surface area contributed by atoms with Crippen molar-refractivity contribution in [3.63, 3.8) is 0 Å². The standard InChI is InChI=1S/C25H22ClNO5/c1-2-14-30-22(28)16-31-19-10-8-17(9-11-19)15-32-21-13-12-20(26)23(24(21)27)25(29)18-6-4-3-5-7-18/h2-13H,1,14-16,27H2. The Balaban J connectivity index is 1.64. The van der Waals surface area contributed by atoms with Gasteiger partial charge in [0.2, 0.25) is 0 Å². The first-order chi connectivity index (χ1) is 15.5. The van der Waals surface area contributed by atoms with Crippen molar-refractivity contribution >= 4 is 29.0 Å². The van der Waals surface area contributed by atoms with Crippen molar-refractivity contribution in [1.82, 2.24) is 0 Å². The van der Waals surface area contributed by atoms with E-state index in [0.29, 0.717) is 17.1 Å². The Kier molecular flexibility index (Phi) is 7.89. The first-order valence-corrected chi connectivity index (χ1v) is 10.2. The van der Waals surface area contributed by atoms with Gasteiger partial charge in [-0.15, -0.1) is 0 Å². The van der Waals surface area contributed by atoms with Crippen LogP contribution >= 0.6 is 11.6 Å². The van der Waals surface area contributed by atoms with Gasteiger partial charge in [0.15, 0.2) is 12.4 Å². The summed E-state index contributed by atoms with van der Waals surface area (Å²) in [5.41, 5.74) is 7.94. The molecule has 0 saturated carbocycles. The minimum absolute atomic E-state index is 0.144. The van der Waals surface area contributed by atoms with Crippen LogP contribution in [0.3, 0.4) is 0 Å². The van der Waals surface area contributed by atoms with Crippen molar-refractivity contribution in [3.05, 3.63) is 101 Å². The number of rotatable bonds is 10. The fourth-order valence-electron chi connectivity index (χ4n) is 2.84. The summed E-state index contributed by atoms with van der Waals surface area (Å²) in [5, 5.41) is 0.261. The van der Waals surface area contributed by atoms with Crippen molar-refractivity contribution in [1.29, 1.82) is 0 Å². The number of ketones is 1. The van der Waals surface area contributed by atoms with E-state index in [4.69, 9.17) is 31.5 Å². The SMILES string of the molecule is C=CCOC(=O)COc1ccc(COc2ccc(Cl)c(C(=O)c3ccccc3)c2N)cc1. The third kappa shape index (κ3) is 5.89. The molecule has 0 atom stereocenters. The fraction of sp³-hybridized carbons (Fsp3) is 0.120. The van der Waals surface area contributed by atoms with Gasteiger partial charge in [0, 0.05) is 5.56 Å². The van der Waals surface area contributed by atoms with E-state index in [9.17, 15) is 9.59 Å². The molecule has 2 N–H and O–H groups in total. The van der Waals surface area contributed by atoms with Gasteiger partial charge in [-0.3, -0.25) is 4.79 Å². The highest BCUT2D eigenvalue weighted by atomic mass is 35.5. The molecular formula is C25H22ClNO5. The molecule has 0 amide bonds. The molecule has 0 aliphatic carbocycles. The molecule has 0 unspecified atom stereocenters. The summed E-state index contributed by atoms with van der Waals surface area (Å²) in [6, 6.07) is 19.0. The topological polar surface area (TPSA) is 87.9 Å². The quantitative estimate of drug-likeness (QED) is 0.205. The Morgan fingerprint density at radius 2 is 1.69 bits per heavy atom. The lowest BCUT2D eigenvalue weighted by molar-refractivity contribution is -0.144. The van der Waals surface area contributed by atoms with Crippen molar-refractivity contribution in [2.75, 3.05) is 18.9 Å². The monoisotopic (exact) mass is 451 g/mol. The summed E-state index contributed by atoms with van der Waals surface area (Å²) in [6.45, 7) is 3.64. The first-order valence-electron chi connectivity index (χ1n) is 9.78. The lowest BCUT2D eigenvalue weighted by Gasteiger charge is -2.14. The van der Waals surface area contributed by atoms with E-state index in [2.05, 4.69) is 6.58 Å². The highest BCUT2D eigenvalue weighted by molar-refractivity contribution is 6.36. The Morgan fingerprint density at radius 1 is 0.969 bits per heavy atom. The van der Waals surface area contributed by atoms with Gasteiger partial charge in [-0.1, -0.05) is 66.7 Å². The molecule has 32 heavy (non-hydrogen) atoms. The highest BCUT2D eigenvalue weighted by Crippen LogP contribution is 2.33. The number of halogens is 1. The summed E-state index contributed by atoms with van der Waals surface area (Å²) in [5.74, 6) is 0.132. The summed E-state index contributed by atoms with van der Waals surface area (Å²) in [4.78, 5) is 24.3. The number of hydrogen-bond donors (Lipinski definition) is 1. The van der Waals surface area contributed by atoms with Crippen molar-refractivity contribution < 1.29 is 23.8 Å². The number of hydrogen-bond acceptors (Lipinski definition) is 6. The molecule has 0 aliphatic heterocycles. The van der Waals surface area contributed by atoms with E-state index >= 15 is 0 Å². The molecule has 0 aliphatic rings. The predicted octanol–water partition coefficient (Wildman–Crippen LogP) is 4.84. The molecule has 0 heterocycles. The lowest BCUT2D eigenvalue weighted by Crippen LogP contribution is -2.14. The van der Waals surface area contributed by atoms with Crippen LogP contribution in [0, 0.1) is 0 Å². The molecule has 0 radical (unpaired) electrons. The van der Waals surface area contributed by atoms with Gasteiger partial charge < -0.3 is 19.9 Å². The van der Waals surface area contributed by atoms with Gasteiger partial charge in [-0.2, -0.15) is 0 Å². The van der Waals surface area contributed by atoms with E-state index in [1.54, 1.807) is 60.7 Å².